The second-order valence-electron chi connectivity index (χ2n) is 2.57. The minimum absolute atomic E-state index is 0.0442. The molecule has 1 aromatic rings. The number of anilines is 1. The molecule has 2 N–H and O–H groups in total. The highest BCUT2D eigenvalue weighted by molar-refractivity contribution is 6.17. The van der Waals surface area contributed by atoms with E-state index in [-0.39, 0.29) is 23.1 Å². The highest BCUT2D eigenvalue weighted by Crippen LogP contribution is 2.30. The molecule has 0 aliphatic heterocycles. The third-order valence-corrected chi connectivity index (χ3v) is 1.99. The van der Waals surface area contributed by atoms with Crippen molar-refractivity contribution in [2.24, 2.45) is 0 Å². The van der Waals surface area contributed by atoms with Gasteiger partial charge in [0.2, 0.25) is 5.88 Å². The van der Waals surface area contributed by atoms with Crippen molar-refractivity contribution in [2.75, 3.05) is 12.8 Å². The molecule has 0 unspecified atom stereocenters. The Morgan fingerprint density at radius 1 is 1.64 bits per heavy atom. The van der Waals surface area contributed by atoms with Crippen molar-refractivity contribution in [3.8, 4) is 5.88 Å². The Bertz CT molecular complexity index is 333. The number of halogens is 3. The molecular weight excluding hydrogens is 214 g/mol. The largest absolute Gasteiger partial charge is 0.481 e. The zero-order valence-corrected chi connectivity index (χ0v) is 8.18. The summed E-state index contributed by atoms with van der Waals surface area (Å²) >= 11 is 5.50. The van der Waals surface area contributed by atoms with Crippen molar-refractivity contribution in [1.29, 1.82) is 0 Å². The van der Waals surface area contributed by atoms with Crippen LogP contribution in [0.25, 0.3) is 0 Å². The molecule has 3 nitrogen and oxygen atoms in total. The molecule has 0 atom stereocenters. The standard InChI is InChI=1S/C8H9ClF2N2O/c1-14-8-5(6(10)11)2-4(3-9)7(12)13-8/h2,6H,3H2,1H3,(H2,12,13). The minimum Gasteiger partial charge on any atom is -0.481 e. The van der Waals surface area contributed by atoms with Gasteiger partial charge in [-0.25, -0.2) is 8.78 Å². The van der Waals surface area contributed by atoms with E-state index in [0.29, 0.717) is 5.56 Å². The lowest BCUT2D eigenvalue weighted by Gasteiger charge is -2.09. The molecule has 0 saturated heterocycles. The topological polar surface area (TPSA) is 48.1 Å². The van der Waals surface area contributed by atoms with E-state index < -0.39 is 6.43 Å². The lowest BCUT2D eigenvalue weighted by Crippen LogP contribution is -2.03. The van der Waals surface area contributed by atoms with Crippen molar-refractivity contribution in [3.63, 3.8) is 0 Å². The monoisotopic (exact) mass is 222 g/mol. The molecule has 0 amide bonds. The average molecular weight is 223 g/mol. The highest BCUT2D eigenvalue weighted by atomic mass is 35.5. The zero-order chi connectivity index (χ0) is 10.7. The lowest BCUT2D eigenvalue weighted by molar-refractivity contribution is 0.146. The molecule has 6 heteroatoms. The quantitative estimate of drug-likeness (QED) is 0.799. The second kappa shape index (κ2) is 4.41. The van der Waals surface area contributed by atoms with Crippen LogP contribution >= 0.6 is 11.6 Å². The van der Waals surface area contributed by atoms with Crippen LogP contribution in [0.3, 0.4) is 0 Å². The molecule has 0 aliphatic carbocycles. The van der Waals surface area contributed by atoms with Gasteiger partial charge in [-0.05, 0) is 6.07 Å². The Kier molecular flexibility index (Phi) is 3.46. The Hall–Kier alpha value is -1.10. The predicted molar refractivity (Wildman–Crippen MR) is 49.7 cm³/mol. The smallest absolute Gasteiger partial charge is 0.269 e. The predicted octanol–water partition coefficient (Wildman–Crippen LogP) is 2.35. The van der Waals surface area contributed by atoms with Gasteiger partial charge in [0.25, 0.3) is 6.43 Å². The van der Waals surface area contributed by atoms with E-state index in [4.69, 9.17) is 17.3 Å². The molecule has 0 saturated carbocycles. The van der Waals surface area contributed by atoms with Crippen molar-refractivity contribution < 1.29 is 13.5 Å². The van der Waals surface area contributed by atoms with Crippen LogP contribution in [0, 0.1) is 0 Å². The van der Waals surface area contributed by atoms with Crippen LogP contribution in [0.5, 0.6) is 5.88 Å². The first kappa shape index (κ1) is 11.0. The molecule has 14 heavy (non-hydrogen) atoms. The highest BCUT2D eigenvalue weighted by Gasteiger charge is 2.17. The summed E-state index contributed by atoms with van der Waals surface area (Å²) in [6, 6.07) is 1.21. The Labute approximate surface area is 84.8 Å². The molecule has 1 rings (SSSR count). The third-order valence-electron chi connectivity index (χ3n) is 1.70. The van der Waals surface area contributed by atoms with Crippen molar-refractivity contribution >= 4 is 17.4 Å². The maximum Gasteiger partial charge on any atom is 0.269 e. The van der Waals surface area contributed by atoms with E-state index in [1.807, 2.05) is 0 Å². The Balaban J connectivity index is 3.25. The number of hydrogen-bond acceptors (Lipinski definition) is 3. The van der Waals surface area contributed by atoms with Gasteiger partial charge in [-0.1, -0.05) is 0 Å². The first-order chi connectivity index (χ1) is 6.60. The Morgan fingerprint density at radius 2 is 2.29 bits per heavy atom. The summed E-state index contributed by atoms with van der Waals surface area (Å²) < 4.78 is 29.6. The Morgan fingerprint density at radius 3 is 2.71 bits per heavy atom. The summed E-state index contributed by atoms with van der Waals surface area (Å²) in [5.41, 5.74) is 5.54. The maximum absolute atomic E-state index is 12.5. The minimum atomic E-state index is -2.65. The first-order valence-corrected chi connectivity index (χ1v) is 4.31. The van der Waals surface area contributed by atoms with Crippen LogP contribution in [0.1, 0.15) is 17.6 Å². The fourth-order valence-electron chi connectivity index (χ4n) is 0.996. The third kappa shape index (κ3) is 2.04. The average Bonchev–Trinajstić information content (AvgIpc) is 2.16. The summed E-state index contributed by atoms with van der Waals surface area (Å²) in [5.74, 6) is -0.00431. The van der Waals surface area contributed by atoms with Gasteiger partial charge in [0.15, 0.2) is 0 Å². The second-order valence-corrected chi connectivity index (χ2v) is 2.83. The van der Waals surface area contributed by atoms with Gasteiger partial charge < -0.3 is 10.5 Å². The first-order valence-electron chi connectivity index (χ1n) is 3.77. The number of nitrogens with two attached hydrogens (primary N) is 1. The maximum atomic E-state index is 12.5. The van der Waals surface area contributed by atoms with Crippen LogP contribution in [0.15, 0.2) is 6.07 Å². The van der Waals surface area contributed by atoms with Gasteiger partial charge in [0.1, 0.15) is 5.82 Å². The van der Waals surface area contributed by atoms with Crippen LogP contribution in [-0.2, 0) is 5.88 Å². The SMILES string of the molecule is COc1nc(N)c(CCl)cc1C(F)F. The van der Waals surface area contributed by atoms with Crippen molar-refractivity contribution in [3.05, 3.63) is 17.2 Å². The molecule has 1 aromatic heterocycles. The number of pyridine rings is 1. The van der Waals surface area contributed by atoms with E-state index in [9.17, 15) is 8.78 Å². The number of rotatable bonds is 3. The van der Waals surface area contributed by atoms with Gasteiger partial charge in [0.05, 0.1) is 18.6 Å². The summed E-state index contributed by atoms with van der Waals surface area (Å²) in [7, 11) is 1.26. The van der Waals surface area contributed by atoms with E-state index in [1.54, 1.807) is 0 Å². The molecule has 0 aliphatic rings. The molecule has 0 radical (unpaired) electrons. The summed E-state index contributed by atoms with van der Waals surface area (Å²) in [5, 5.41) is 0. The summed E-state index contributed by atoms with van der Waals surface area (Å²) in [4.78, 5) is 3.67. The molecule has 0 aromatic carbocycles. The number of methoxy groups -OCH3 is 1. The molecule has 78 valence electrons. The fourth-order valence-corrected chi connectivity index (χ4v) is 1.21. The molecule has 0 bridgehead atoms. The van der Waals surface area contributed by atoms with Gasteiger partial charge >= 0.3 is 0 Å². The lowest BCUT2D eigenvalue weighted by atomic mass is 10.2. The van der Waals surface area contributed by atoms with Crippen molar-refractivity contribution in [1.82, 2.24) is 4.98 Å². The fraction of sp³-hybridized carbons (Fsp3) is 0.375. The normalized spacial score (nSPS) is 10.6. The van der Waals surface area contributed by atoms with Gasteiger partial charge in [-0.15, -0.1) is 11.6 Å². The van der Waals surface area contributed by atoms with Crippen LogP contribution in [0.2, 0.25) is 0 Å². The summed E-state index contributed by atoms with van der Waals surface area (Å²) in [6.45, 7) is 0. The zero-order valence-electron chi connectivity index (χ0n) is 7.43. The number of nitrogens with zero attached hydrogens (tertiary/aromatic N) is 1. The molecule has 0 fully saturated rings. The van der Waals surface area contributed by atoms with Crippen LogP contribution in [0.4, 0.5) is 14.6 Å². The van der Waals surface area contributed by atoms with E-state index in [1.165, 1.54) is 13.2 Å². The van der Waals surface area contributed by atoms with E-state index in [0.717, 1.165) is 0 Å². The van der Waals surface area contributed by atoms with Gasteiger partial charge in [-0.3, -0.25) is 0 Å². The molecular formula is C8H9ClF2N2O. The number of ether oxygens (including phenoxy) is 1. The van der Waals surface area contributed by atoms with E-state index in [2.05, 4.69) is 9.72 Å². The van der Waals surface area contributed by atoms with Gasteiger partial charge in [0, 0.05) is 5.56 Å². The van der Waals surface area contributed by atoms with Gasteiger partial charge in [-0.2, -0.15) is 4.98 Å². The number of nitrogen functional groups attached to an aromatic ring is 1. The number of hydrogen-bond donors (Lipinski definition) is 1. The molecule has 1 heterocycles. The van der Waals surface area contributed by atoms with E-state index >= 15 is 0 Å². The van der Waals surface area contributed by atoms with Crippen LogP contribution < -0.4 is 10.5 Å². The number of alkyl halides is 3. The number of aromatic nitrogens is 1. The molecule has 0 spiro atoms. The van der Waals surface area contributed by atoms with Crippen molar-refractivity contribution in [2.45, 2.75) is 12.3 Å². The summed E-state index contributed by atoms with van der Waals surface area (Å²) in [6.07, 6.45) is -2.65. The van der Waals surface area contributed by atoms with Crippen LogP contribution in [-0.4, -0.2) is 12.1 Å².